The van der Waals surface area contributed by atoms with Crippen molar-refractivity contribution in [3.8, 4) is 0 Å². The molecular formula is C26H43NO5. The standard InChI is InChI=1S/C26H43NO5/c1-15(4-7-22(30)27-14-23(31)32)18-5-6-19-24-20(9-11-26(18,19)3)25(2)10-8-17(28)12-16(25)13-21(24)29/h15-21,24,28-29H,4-14H2,1-3H3,(H,27,30)(H,31,32)/t15-,16+,17-,18-,19-,20-,21+,24-,25+,26-/m1/s1. The van der Waals surface area contributed by atoms with E-state index in [1.54, 1.807) is 0 Å². The number of aliphatic carboxylic acids is 1. The minimum atomic E-state index is -1.01. The van der Waals surface area contributed by atoms with Crippen molar-refractivity contribution < 1.29 is 24.9 Å². The van der Waals surface area contributed by atoms with Crippen LogP contribution in [0.5, 0.6) is 0 Å². The molecular weight excluding hydrogens is 406 g/mol. The van der Waals surface area contributed by atoms with E-state index in [9.17, 15) is 19.8 Å². The van der Waals surface area contributed by atoms with Crippen LogP contribution in [0.2, 0.25) is 0 Å². The number of rotatable bonds is 6. The van der Waals surface area contributed by atoms with Crippen molar-refractivity contribution in [2.24, 2.45) is 46.3 Å². The smallest absolute Gasteiger partial charge is 0.322 e. The number of carbonyl (C=O) groups excluding carboxylic acids is 1. The highest BCUT2D eigenvalue weighted by Gasteiger charge is 2.62. The zero-order valence-corrected chi connectivity index (χ0v) is 20.1. The van der Waals surface area contributed by atoms with E-state index in [0.717, 1.165) is 44.9 Å². The first-order valence-electron chi connectivity index (χ1n) is 12.9. The van der Waals surface area contributed by atoms with Gasteiger partial charge in [-0.05, 0) is 104 Å². The average Bonchev–Trinajstić information content (AvgIpc) is 3.09. The first-order valence-corrected chi connectivity index (χ1v) is 12.9. The van der Waals surface area contributed by atoms with Crippen molar-refractivity contribution in [2.75, 3.05) is 6.54 Å². The molecule has 6 heteroatoms. The number of hydrogen-bond acceptors (Lipinski definition) is 4. The Bertz CT molecular complexity index is 727. The maximum absolute atomic E-state index is 12.0. The lowest BCUT2D eigenvalue weighted by Crippen LogP contribution is -2.58. The molecule has 0 saturated heterocycles. The monoisotopic (exact) mass is 449 g/mol. The number of fused-ring (bicyclic) bond motifs is 5. The van der Waals surface area contributed by atoms with Gasteiger partial charge >= 0.3 is 5.97 Å². The van der Waals surface area contributed by atoms with Crippen molar-refractivity contribution in [3.05, 3.63) is 0 Å². The summed E-state index contributed by atoms with van der Waals surface area (Å²) in [5.41, 5.74) is 0.451. The van der Waals surface area contributed by atoms with Gasteiger partial charge in [0.2, 0.25) is 5.91 Å². The Kier molecular flexibility index (Phi) is 6.68. The van der Waals surface area contributed by atoms with E-state index in [1.807, 2.05) is 0 Å². The molecule has 0 aliphatic heterocycles. The number of aliphatic hydroxyl groups excluding tert-OH is 2. The summed E-state index contributed by atoms with van der Waals surface area (Å²) in [4.78, 5) is 22.7. The second-order valence-corrected chi connectivity index (χ2v) is 12.1. The summed E-state index contributed by atoms with van der Waals surface area (Å²) < 4.78 is 0. The fourth-order valence-electron chi connectivity index (χ4n) is 9.00. The van der Waals surface area contributed by atoms with Crippen LogP contribution in [0.1, 0.15) is 85.0 Å². The number of carboxylic acid groups (broad SMARTS) is 1. The van der Waals surface area contributed by atoms with E-state index in [-0.39, 0.29) is 35.5 Å². The first-order chi connectivity index (χ1) is 15.1. The molecule has 0 aromatic carbocycles. The third-order valence-corrected chi connectivity index (χ3v) is 10.7. The Morgan fingerprint density at radius 1 is 1.00 bits per heavy atom. The molecule has 0 aromatic rings. The minimum Gasteiger partial charge on any atom is -0.480 e. The molecule has 0 heterocycles. The van der Waals surface area contributed by atoms with E-state index >= 15 is 0 Å². The zero-order chi connectivity index (χ0) is 23.3. The fraction of sp³-hybridized carbons (Fsp3) is 0.923. The molecule has 0 aromatic heterocycles. The van der Waals surface area contributed by atoms with E-state index in [4.69, 9.17) is 5.11 Å². The van der Waals surface area contributed by atoms with E-state index < -0.39 is 5.97 Å². The number of hydrogen-bond donors (Lipinski definition) is 4. The van der Waals surface area contributed by atoms with Crippen LogP contribution in [0.25, 0.3) is 0 Å². The van der Waals surface area contributed by atoms with E-state index in [1.165, 1.54) is 12.8 Å². The molecule has 0 spiro atoms. The van der Waals surface area contributed by atoms with Crippen LogP contribution in [0.3, 0.4) is 0 Å². The normalized spacial score (nSPS) is 46.5. The number of carbonyl (C=O) groups is 2. The second-order valence-electron chi connectivity index (χ2n) is 12.1. The van der Waals surface area contributed by atoms with Crippen molar-refractivity contribution in [1.29, 1.82) is 0 Å². The van der Waals surface area contributed by atoms with Gasteiger partial charge in [0.05, 0.1) is 12.2 Å². The van der Waals surface area contributed by atoms with Gasteiger partial charge in [-0.2, -0.15) is 0 Å². The number of amides is 1. The van der Waals surface area contributed by atoms with Crippen molar-refractivity contribution in [2.45, 2.75) is 97.2 Å². The number of aliphatic hydroxyl groups is 2. The summed E-state index contributed by atoms with van der Waals surface area (Å²) in [7, 11) is 0. The third kappa shape index (κ3) is 4.11. The highest BCUT2D eigenvalue weighted by molar-refractivity contribution is 5.81. The molecule has 4 rings (SSSR count). The zero-order valence-electron chi connectivity index (χ0n) is 20.1. The summed E-state index contributed by atoms with van der Waals surface area (Å²) in [6.45, 7) is 6.83. The Balaban J connectivity index is 1.44. The van der Waals surface area contributed by atoms with Crippen molar-refractivity contribution >= 4 is 11.9 Å². The van der Waals surface area contributed by atoms with Crippen LogP contribution in [0, 0.1) is 46.3 Å². The maximum atomic E-state index is 12.0. The molecule has 0 radical (unpaired) electrons. The molecule has 0 bridgehead atoms. The van der Waals surface area contributed by atoms with Crippen LogP contribution in [-0.2, 0) is 9.59 Å². The highest BCUT2D eigenvalue weighted by atomic mass is 16.4. The molecule has 4 aliphatic carbocycles. The topological polar surface area (TPSA) is 107 Å². The van der Waals surface area contributed by atoms with E-state index in [0.29, 0.717) is 41.9 Å². The molecule has 0 unspecified atom stereocenters. The molecule has 6 nitrogen and oxygen atoms in total. The SMILES string of the molecule is C[C@H](CCC(=O)NCC(=O)O)[C@H]1CC[C@@H]2[C@@H]3[C@@H](CC[C@@]21C)[C@@]1(C)CC[C@@H](O)C[C@H]1C[C@@H]3O. The predicted octanol–water partition coefficient (Wildman–Crippen LogP) is 3.59. The lowest BCUT2D eigenvalue weighted by Gasteiger charge is -2.62. The van der Waals surface area contributed by atoms with Crippen LogP contribution in [-0.4, -0.2) is 45.9 Å². The highest BCUT2D eigenvalue weighted by Crippen LogP contribution is 2.68. The van der Waals surface area contributed by atoms with Crippen LogP contribution < -0.4 is 5.32 Å². The lowest BCUT2D eigenvalue weighted by molar-refractivity contribution is -0.174. The van der Waals surface area contributed by atoms with Gasteiger partial charge in [0.1, 0.15) is 6.54 Å². The Hall–Kier alpha value is -1.14. The van der Waals surface area contributed by atoms with Crippen LogP contribution in [0.15, 0.2) is 0 Å². The maximum Gasteiger partial charge on any atom is 0.322 e. The number of carboxylic acids is 1. The first kappa shape index (κ1) is 24.0. The average molecular weight is 450 g/mol. The van der Waals surface area contributed by atoms with Gasteiger partial charge in [0.15, 0.2) is 0 Å². The van der Waals surface area contributed by atoms with Gasteiger partial charge < -0.3 is 20.6 Å². The van der Waals surface area contributed by atoms with Crippen molar-refractivity contribution in [1.82, 2.24) is 5.32 Å². The third-order valence-electron chi connectivity index (χ3n) is 10.7. The Morgan fingerprint density at radius 3 is 2.41 bits per heavy atom. The molecule has 4 N–H and O–H groups in total. The van der Waals surface area contributed by atoms with Gasteiger partial charge in [0.25, 0.3) is 0 Å². The van der Waals surface area contributed by atoms with E-state index in [2.05, 4.69) is 26.1 Å². The summed E-state index contributed by atoms with van der Waals surface area (Å²) in [5, 5.41) is 32.8. The summed E-state index contributed by atoms with van der Waals surface area (Å²) in [6.07, 6.45) is 9.06. The fourth-order valence-corrected chi connectivity index (χ4v) is 9.00. The van der Waals surface area contributed by atoms with Gasteiger partial charge in [-0.25, -0.2) is 0 Å². The van der Waals surface area contributed by atoms with Crippen LogP contribution >= 0.6 is 0 Å². The van der Waals surface area contributed by atoms with Gasteiger partial charge in [-0.3, -0.25) is 9.59 Å². The summed E-state index contributed by atoms with van der Waals surface area (Å²) in [6, 6.07) is 0. The molecule has 1 amide bonds. The largest absolute Gasteiger partial charge is 0.480 e. The quantitative estimate of drug-likeness (QED) is 0.496. The lowest BCUT2D eigenvalue weighted by atomic mass is 9.43. The Morgan fingerprint density at radius 2 is 1.69 bits per heavy atom. The van der Waals surface area contributed by atoms with Gasteiger partial charge in [-0.15, -0.1) is 0 Å². The molecule has 182 valence electrons. The van der Waals surface area contributed by atoms with Gasteiger partial charge in [-0.1, -0.05) is 20.8 Å². The minimum absolute atomic E-state index is 0.177. The summed E-state index contributed by atoms with van der Waals surface area (Å²) in [5.74, 6) is 1.66. The van der Waals surface area contributed by atoms with Gasteiger partial charge in [0, 0.05) is 6.42 Å². The predicted molar refractivity (Wildman–Crippen MR) is 122 cm³/mol. The molecule has 32 heavy (non-hydrogen) atoms. The summed E-state index contributed by atoms with van der Waals surface area (Å²) >= 11 is 0. The Labute approximate surface area is 192 Å². The second kappa shape index (κ2) is 8.90. The number of nitrogens with one attached hydrogen (secondary N) is 1. The molecule has 4 fully saturated rings. The molecule has 4 saturated carbocycles. The molecule has 10 atom stereocenters. The molecule has 4 aliphatic rings. The van der Waals surface area contributed by atoms with Crippen molar-refractivity contribution in [3.63, 3.8) is 0 Å². The van der Waals surface area contributed by atoms with Crippen LogP contribution in [0.4, 0.5) is 0 Å².